The van der Waals surface area contributed by atoms with Crippen molar-refractivity contribution in [2.24, 2.45) is 0 Å². The van der Waals surface area contributed by atoms with Gasteiger partial charge in [0, 0.05) is 23.4 Å². The highest BCUT2D eigenvalue weighted by Crippen LogP contribution is 2.19. The number of amides is 1. The Hall–Kier alpha value is -2.43. The number of hydrogen-bond donors (Lipinski definition) is 1. The van der Waals surface area contributed by atoms with E-state index in [-0.39, 0.29) is 18.6 Å². The van der Waals surface area contributed by atoms with Crippen LogP contribution in [0.4, 0.5) is 0 Å². The number of carbonyl (C=O) groups is 1. The summed E-state index contributed by atoms with van der Waals surface area (Å²) < 4.78 is 5.47. The second-order valence-electron chi connectivity index (χ2n) is 5.55. The molecule has 2 aromatic rings. The molecule has 2 rings (SSSR count). The van der Waals surface area contributed by atoms with Crippen molar-refractivity contribution in [3.8, 4) is 17.3 Å². The van der Waals surface area contributed by atoms with Crippen molar-refractivity contribution in [2.75, 3.05) is 6.61 Å². The van der Waals surface area contributed by atoms with E-state index in [2.05, 4.69) is 15.3 Å². The molecule has 22 heavy (non-hydrogen) atoms. The average Bonchev–Trinajstić information content (AvgIpc) is 2.44. The van der Waals surface area contributed by atoms with Gasteiger partial charge in [-0.3, -0.25) is 4.79 Å². The number of nitrogens with zero attached hydrogens (tertiary/aromatic N) is 2. The summed E-state index contributed by atoms with van der Waals surface area (Å²) >= 11 is 0. The Morgan fingerprint density at radius 3 is 2.50 bits per heavy atom. The normalized spacial score (nSPS) is 10.6. The maximum atomic E-state index is 11.6. The Bertz CT molecular complexity index is 651. The highest BCUT2D eigenvalue weighted by molar-refractivity contribution is 5.77. The van der Waals surface area contributed by atoms with Gasteiger partial charge in [0.1, 0.15) is 0 Å². The second kappa shape index (κ2) is 7.02. The zero-order valence-electron chi connectivity index (χ0n) is 13.4. The number of nitrogens with one attached hydrogen (secondary N) is 1. The van der Waals surface area contributed by atoms with Gasteiger partial charge in [0.25, 0.3) is 5.91 Å². The Morgan fingerprint density at radius 1 is 1.18 bits per heavy atom. The standard InChI is InChI=1S/C17H21N3O2/c1-11(2)18-15(21)10-22-16-9-13(4)19-17(20-16)14-7-5-12(3)6-8-14/h5-9,11H,10H2,1-4H3,(H,18,21). The van der Waals surface area contributed by atoms with Gasteiger partial charge < -0.3 is 10.1 Å². The van der Waals surface area contributed by atoms with Gasteiger partial charge in [-0.05, 0) is 27.7 Å². The van der Waals surface area contributed by atoms with E-state index < -0.39 is 0 Å². The molecule has 0 bridgehead atoms. The number of aryl methyl sites for hydroxylation is 2. The van der Waals surface area contributed by atoms with E-state index in [1.807, 2.05) is 52.0 Å². The summed E-state index contributed by atoms with van der Waals surface area (Å²) in [7, 11) is 0. The van der Waals surface area contributed by atoms with Gasteiger partial charge in [-0.2, -0.15) is 4.98 Å². The fourth-order valence-corrected chi connectivity index (χ4v) is 1.95. The summed E-state index contributed by atoms with van der Waals surface area (Å²) in [6.45, 7) is 7.66. The van der Waals surface area contributed by atoms with Gasteiger partial charge in [0.15, 0.2) is 12.4 Å². The van der Waals surface area contributed by atoms with Crippen molar-refractivity contribution in [1.29, 1.82) is 0 Å². The van der Waals surface area contributed by atoms with Crippen molar-refractivity contribution in [1.82, 2.24) is 15.3 Å². The van der Waals surface area contributed by atoms with E-state index in [0.717, 1.165) is 11.3 Å². The van der Waals surface area contributed by atoms with Crippen LogP contribution in [-0.4, -0.2) is 28.5 Å². The zero-order chi connectivity index (χ0) is 16.1. The molecule has 0 spiro atoms. The summed E-state index contributed by atoms with van der Waals surface area (Å²) in [4.78, 5) is 20.4. The molecule has 0 fully saturated rings. The lowest BCUT2D eigenvalue weighted by Gasteiger charge is -2.10. The molecule has 1 heterocycles. The molecule has 0 aliphatic carbocycles. The molecule has 0 atom stereocenters. The maximum Gasteiger partial charge on any atom is 0.258 e. The molecule has 1 aromatic carbocycles. The van der Waals surface area contributed by atoms with E-state index in [4.69, 9.17) is 4.74 Å². The lowest BCUT2D eigenvalue weighted by Crippen LogP contribution is -2.34. The summed E-state index contributed by atoms with van der Waals surface area (Å²) in [5.41, 5.74) is 2.90. The van der Waals surface area contributed by atoms with Gasteiger partial charge in [-0.1, -0.05) is 29.8 Å². The van der Waals surface area contributed by atoms with Crippen LogP contribution in [0.15, 0.2) is 30.3 Å². The van der Waals surface area contributed by atoms with Crippen molar-refractivity contribution in [2.45, 2.75) is 33.7 Å². The quantitative estimate of drug-likeness (QED) is 0.922. The van der Waals surface area contributed by atoms with Crippen LogP contribution in [0.3, 0.4) is 0 Å². The van der Waals surface area contributed by atoms with Crippen LogP contribution >= 0.6 is 0 Å². The fraction of sp³-hybridized carbons (Fsp3) is 0.353. The lowest BCUT2D eigenvalue weighted by atomic mass is 10.1. The lowest BCUT2D eigenvalue weighted by molar-refractivity contribution is -0.123. The third-order valence-corrected chi connectivity index (χ3v) is 2.94. The van der Waals surface area contributed by atoms with Gasteiger partial charge in [0.2, 0.25) is 5.88 Å². The molecular formula is C17H21N3O2. The second-order valence-corrected chi connectivity index (χ2v) is 5.55. The first-order chi connectivity index (χ1) is 10.4. The Labute approximate surface area is 130 Å². The highest BCUT2D eigenvalue weighted by Gasteiger charge is 2.08. The molecule has 5 nitrogen and oxygen atoms in total. The zero-order valence-corrected chi connectivity index (χ0v) is 13.4. The van der Waals surface area contributed by atoms with Crippen LogP contribution in [0.2, 0.25) is 0 Å². The highest BCUT2D eigenvalue weighted by atomic mass is 16.5. The molecular weight excluding hydrogens is 278 g/mol. The number of ether oxygens (including phenoxy) is 1. The topological polar surface area (TPSA) is 64.1 Å². The van der Waals surface area contributed by atoms with E-state index in [1.54, 1.807) is 6.07 Å². The number of carbonyl (C=O) groups excluding carboxylic acids is 1. The SMILES string of the molecule is Cc1ccc(-c2nc(C)cc(OCC(=O)NC(C)C)n2)cc1. The minimum Gasteiger partial charge on any atom is -0.467 e. The van der Waals surface area contributed by atoms with Gasteiger partial charge in [-0.25, -0.2) is 4.98 Å². The van der Waals surface area contributed by atoms with Gasteiger partial charge in [0.05, 0.1) is 0 Å². The number of benzene rings is 1. The minimum absolute atomic E-state index is 0.0536. The van der Waals surface area contributed by atoms with Crippen molar-refractivity contribution in [3.63, 3.8) is 0 Å². The van der Waals surface area contributed by atoms with E-state index >= 15 is 0 Å². The van der Waals surface area contributed by atoms with Crippen molar-refractivity contribution >= 4 is 5.91 Å². The molecule has 1 amide bonds. The van der Waals surface area contributed by atoms with Gasteiger partial charge >= 0.3 is 0 Å². The van der Waals surface area contributed by atoms with E-state index in [9.17, 15) is 4.79 Å². The molecule has 0 unspecified atom stereocenters. The van der Waals surface area contributed by atoms with Crippen LogP contribution in [0.5, 0.6) is 5.88 Å². The molecule has 0 aliphatic heterocycles. The molecule has 0 saturated carbocycles. The first-order valence-corrected chi connectivity index (χ1v) is 7.29. The average molecular weight is 299 g/mol. The van der Waals surface area contributed by atoms with Crippen LogP contribution in [0, 0.1) is 13.8 Å². The van der Waals surface area contributed by atoms with Crippen LogP contribution in [-0.2, 0) is 4.79 Å². The van der Waals surface area contributed by atoms with Crippen molar-refractivity contribution in [3.05, 3.63) is 41.6 Å². The first-order valence-electron chi connectivity index (χ1n) is 7.29. The predicted molar refractivity (Wildman–Crippen MR) is 85.7 cm³/mol. The third-order valence-electron chi connectivity index (χ3n) is 2.94. The summed E-state index contributed by atoms with van der Waals surface area (Å²) in [6.07, 6.45) is 0. The van der Waals surface area contributed by atoms with E-state index in [0.29, 0.717) is 11.7 Å². The maximum absolute atomic E-state index is 11.6. The third kappa shape index (κ3) is 4.55. The number of rotatable bonds is 5. The molecule has 1 aromatic heterocycles. The van der Waals surface area contributed by atoms with Crippen molar-refractivity contribution < 1.29 is 9.53 Å². The smallest absolute Gasteiger partial charge is 0.258 e. The summed E-state index contributed by atoms with van der Waals surface area (Å²) in [5.74, 6) is 0.837. The largest absolute Gasteiger partial charge is 0.467 e. The first kappa shape index (κ1) is 15.9. The Morgan fingerprint density at radius 2 is 1.86 bits per heavy atom. The molecule has 1 N–H and O–H groups in total. The van der Waals surface area contributed by atoms with E-state index in [1.165, 1.54) is 5.56 Å². The monoisotopic (exact) mass is 299 g/mol. The van der Waals surface area contributed by atoms with Crippen LogP contribution in [0.1, 0.15) is 25.1 Å². The molecule has 0 radical (unpaired) electrons. The molecule has 116 valence electrons. The summed E-state index contributed by atoms with van der Waals surface area (Å²) in [6, 6.07) is 9.78. The van der Waals surface area contributed by atoms with Crippen LogP contribution in [0.25, 0.3) is 11.4 Å². The number of aromatic nitrogens is 2. The minimum atomic E-state index is -0.164. The number of hydrogen-bond acceptors (Lipinski definition) is 4. The molecule has 0 saturated heterocycles. The Kier molecular flexibility index (Phi) is 5.09. The van der Waals surface area contributed by atoms with Crippen LogP contribution < -0.4 is 10.1 Å². The molecule has 5 heteroatoms. The van der Waals surface area contributed by atoms with Gasteiger partial charge in [-0.15, -0.1) is 0 Å². The fourth-order valence-electron chi connectivity index (χ4n) is 1.95. The summed E-state index contributed by atoms with van der Waals surface area (Å²) in [5, 5.41) is 2.77. The molecule has 0 aliphatic rings. The Balaban J connectivity index is 2.13. The predicted octanol–water partition coefficient (Wildman–Crippen LogP) is 2.66.